The Labute approximate surface area is 210 Å². The Kier molecular flexibility index (Phi) is 10.2. The highest BCUT2D eigenvalue weighted by Gasteiger charge is 2.31. The van der Waals surface area contributed by atoms with E-state index in [0.29, 0.717) is 31.8 Å². The summed E-state index contributed by atoms with van der Waals surface area (Å²) in [6, 6.07) is 7.11. The number of imidazole rings is 1. The lowest BCUT2D eigenvalue weighted by molar-refractivity contribution is -0.142. The number of carboxylic acid groups (broad SMARTS) is 1. The zero-order chi connectivity index (χ0) is 25.2. The second-order valence-corrected chi connectivity index (χ2v) is 9.96. The van der Waals surface area contributed by atoms with Crippen molar-refractivity contribution in [1.29, 1.82) is 0 Å². The number of aromatic amines is 1. The Morgan fingerprint density at radius 1 is 1.34 bits per heavy atom. The number of hydrogen-bond donors (Lipinski definition) is 3. The van der Waals surface area contributed by atoms with Gasteiger partial charge in [0.15, 0.2) is 0 Å². The van der Waals surface area contributed by atoms with Crippen LogP contribution in [-0.2, 0) is 27.3 Å². The SMILES string of the molecule is CSCCC(NC(=O)CN(Cc1ccccc1C)C[C@@H]1CCCN1C(=O)Cc1cnc[nH]1)C(=O)O. The van der Waals surface area contributed by atoms with Crippen LogP contribution in [0.3, 0.4) is 0 Å². The van der Waals surface area contributed by atoms with Crippen LogP contribution in [0.4, 0.5) is 0 Å². The van der Waals surface area contributed by atoms with Gasteiger partial charge in [0, 0.05) is 37.6 Å². The van der Waals surface area contributed by atoms with Gasteiger partial charge in [0.2, 0.25) is 11.8 Å². The van der Waals surface area contributed by atoms with Crippen molar-refractivity contribution in [2.45, 2.75) is 51.2 Å². The fourth-order valence-electron chi connectivity index (χ4n) is 4.45. The molecule has 1 saturated heterocycles. The number of aromatic nitrogens is 2. The number of nitrogens with zero attached hydrogens (tertiary/aromatic N) is 3. The van der Waals surface area contributed by atoms with E-state index in [1.165, 1.54) is 0 Å². The molecule has 2 aromatic rings. The van der Waals surface area contributed by atoms with E-state index in [4.69, 9.17) is 0 Å². The number of carbonyl (C=O) groups is 3. The van der Waals surface area contributed by atoms with E-state index in [9.17, 15) is 19.5 Å². The Bertz CT molecular complexity index is 984. The summed E-state index contributed by atoms with van der Waals surface area (Å²) >= 11 is 1.55. The topological polar surface area (TPSA) is 119 Å². The lowest BCUT2D eigenvalue weighted by Crippen LogP contribution is -2.49. The summed E-state index contributed by atoms with van der Waals surface area (Å²) in [5.74, 6) is -0.649. The van der Waals surface area contributed by atoms with Crippen LogP contribution in [0.25, 0.3) is 0 Å². The molecule has 9 nitrogen and oxygen atoms in total. The number of benzene rings is 1. The Morgan fingerprint density at radius 3 is 2.83 bits per heavy atom. The molecule has 1 aliphatic heterocycles. The molecule has 0 aliphatic carbocycles. The van der Waals surface area contributed by atoms with Gasteiger partial charge in [-0.05, 0) is 49.3 Å². The molecule has 0 saturated carbocycles. The van der Waals surface area contributed by atoms with Crippen LogP contribution in [0, 0.1) is 6.92 Å². The normalized spacial score (nSPS) is 16.4. The third-order valence-electron chi connectivity index (χ3n) is 6.33. The van der Waals surface area contributed by atoms with Gasteiger partial charge in [-0.1, -0.05) is 24.3 Å². The maximum atomic E-state index is 13.0. The number of aryl methyl sites for hydroxylation is 1. The fourth-order valence-corrected chi connectivity index (χ4v) is 4.92. The predicted molar refractivity (Wildman–Crippen MR) is 136 cm³/mol. The van der Waals surface area contributed by atoms with Crippen LogP contribution in [-0.4, -0.2) is 86.4 Å². The van der Waals surface area contributed by atoms with Crippen LogP contribution in [0.1, 0.15) is 36.1 Å². The highest BCUT2D eigenvalue weighted by atomic mass is 32.2. The molecule has 2 atom stereocenters. The number of carbonyl (C=O) groups excluding carboxylic acids is 2. The molecule has 10 heteroatoms. The quantitative estimate of drug-likeness (QED) is 0.385. The predicted octanol–water partition coefficient (Wildman–Crippen LogP) is 2.08. The maximum absolute atomic E-state index is 13.0. The summed E-state index contributed by atoms with van der Waals surface area (Å²) in [6.45, 7) is 3.88. The van der Waals surface area contributed by atoms with E-state index in [0.717, 1.165) is 29.7 Å². The molecular weight excluding hydrogens is 466 g/mol. The zero-order valence-electron chi connectivity index (χ0n) is 20.4. The molecule has 0 spiro atoms. The number of carboxylic acids is 1. The molecule has 1 unspecified atom stereocenters. The number of thioether (sulfide) groups is 1. The van der Waals surface area contributed by atoms with Crippen molar-refractivity contribution in [1.82, 2.24) is 25.1 Å². The average Bonchev–Trinajstić information content (AvgIpc) is 3.50. The second-order valence-electron chi connectivity index (χ2n) is 8.97. The number of rotatable bonds is 13. The number of aliphatic carboxylic acids is 1. The van der Waals surface area contributed by atoms with Crippen LogP contribution in [0.5, 0.6) is 0 Å². The highest BCUT2D eigenvalue weighted by Crippen LogP contribution is 2.21. The summed E-state index contributed by atoms with van der Waals surface area (Å²) in [5.41, 5.74) is 3.01. The minimum atomic E-state index is -1.02. The van der Waals surface area contributed by atoms with Crippen LogP contribution < -0.4 is 5.32 Å². The molecule has 1 aromatic carbocycles. The first kappa shape index (κ1) is 26.7. The number of amides is 2. The van der Waals surface area contributed by atoms with E-state index in [1.807, 2.05) is 47.2 Å². The van der Waals surface area contributed by atoms with Crippen LogP contribution in [0.15, 0.2) is 36.8 Å². The number of likely N-dealkylation sites (tertiary alicyclic amines) is 1. The van der Waals surface area contributed by atoms with Gasteiger partial charge in [-0.2, -0.15) is 11.8 Å². The average molecular weight is 502 g/mol. The summed E-state index contributed by atoms with van der Waals surface area (Å²) < 4.78 is 0. The van der Waals surface area contributed by atoms with E-state index < -0.39 is 12.0 Å². The largest absolute Gasteiger partial charge is 0.480 e. The standard InChI is InChI=1S/C25H35N5O4S/c1-18-6-3-4-7-19(18)14-29(16-23(31)28-22(25(33)34)9-11-35-2)15-21-8-5-10-30(21)24(32)12-20-13-26-17-27-20/h3-4,6-7,13,17,21-22H,5,8-12,14-16H2,1-2H3,(H,26,27)(H,28,31)(H,33,34)/t21-,22?/m0/s1. The molecule has 190 valence electrons. The zero-order valence-corrected chi connectivity index (χ0v) is 21.2. The molecule has 1 fully saturated rings. The molecular formula is C25H35N5O4S. The minimum absolute atomic E-state index is 0.00555. The van der Waals surface area contributed by atoms with E-state index in [-0.39, 0.29) is 30.8 Å². The van der Waals surface area contributed by atoms with Gasteiger partial charge >= 0.3 is 5.97 Å². The lowest BCUT2D eigenvalue weighted by Gasteiger charge is -2.31. The number of hydrogen-bond acceptors (Lipinski definition) is 6. The number of H-pyrrole nitrogens is 1. The van der Waals surface area contributed by atoms with Crippen molar-refractivity contribution < 1.29 is 19.5 Å². The highest BCUT2D eigenvalue weighted by molar-refractivity contribution is 7.98. The Hall–Kier alpha value is -2.85. The van der Waals surface area contributed by atoms with Gasteiger partial charge in [0.05, 0.1) is 19.3 Å². The molecule has 2 amide bonds. The van der Waals surface area contributed by atoms with Gasteiger partial charge in [0.1, 0.15) is 6.04 Å². The summed E-state index contributed by atoms with van der Waals surface area (Å²) in [5, 5.41) is 12.2. The molecule has 2 heterocycles. The third kappa shape index (κ3) is 8.10. The summed E-state index contributed by atoms with van der Waals surface area (Å²) in [7, 11) is 0. The molecule has 0 radical (unpaired) electrons. The molecule has 0 bridgehead atoms. The van der Waals surface area contributed by atoms with Crippen molar-refractivity contribution in [2.24, 2.45) is 0 Å². The lowest BCUT2D eigenvalue weighted by atomic mass is 10.1. The van der Waals surface area contributed by atoms with Gasteiger partial charge in [-0.25, -0.2) is 9.78 Å². The van der Waals surface area contributed by atoms with Gasteiger partial charge in [-0.3, -0.25) is 14.5 Å². The van der Waals surface area contributed by atoms with Crippen molar-refractivity contribution in [3.8, 4) is 0 Å². The van der Waals surface area contributed by atoms with E-state index >= 15 is 0 Å². The first-order chi connectivity index (χ1) is 16.9. The monoisotopic (exact) mass is 501 g/mol. The minimum Gasteiger partial charge on any atom is -0.480 e. The third-order valence-corrected chi connectivity index (χ3v) is 6.97. The molecule has 3 rings (SSSR count). The smallest absolute Gasteiger partial charge is 0.326 e. The molecule has 1 aliphatic rings. The van der Waals surface area contributed by atoms with Crippen molar-refractivity contribution in [2.75, 3.05) is 31.6 Å². The van der Waals surface area contributed by atoms with Crippen LogP contribution in [0.2, 0.25) is 0 Å². The van der Waals surface area contributed by atoms with E-state index in [2.05, 4.69) is 15.3 Å². The maximum Gasteiger partial charge on any atom is 0.326 e. The van der Waals surface area contributed by atoms with Crippen molar-refractivity contribution >= 4 is 29.5 Å². The Morgan fingerprint density at radius 2 is 2.14 bits per heavy atom. The molecule has 35 heavy (non-hydrogen) atoms. The van der Waals surface area contributed by atoms with Gasteiger partial charge in [0.25, 0.3) is 0 Å². The molecule has 3 N–H and O–H groups in total. The summed E-state index contributed by atoms with van der Waals surface area (Å²) in [4.78, 5) is 48.4. The van der Waals surface area contributed by atoms with Gasteiger partial charge in [-0.15, -0.1) is 0 Å². The second kappa shape index (κ2) is 13.3. The fraction of sp³-hybridized carbons (Fsp3) is 0.520. The first-order valence-electron chi connectivity index (χ1n) is 11.9. The Balaban J connectivity index is 1.70. The van der Waals surface area contributed by atoms with Crippen molar-refractivity contribution in [3.63, 3.8) is 0 Å². The van der Waals surface area contributed by atoms with E-state index in [1.54, 1.807) is 24.3 Å². The first-order valence-corrected chi connectivity index (χ1v) is 13.3. The van der Waals surface area contributed by atoms with Crippen LogP contribution >= 0.6 is 11.8 Å². The number of nitrogens with one attached hydrogen (secondary N) is 2. The summed E-state index contributed by atoms with van der Waals surface area (Å²) in [6.07, 6.45) is 7.56. The molecule has 1 aromatic heterocycles. The van der Waals surface area contributed by atoms with Gasteiger partial charge < -0.3 is 20.3 Å². The van der Waals surface area contributed by atoms with Crippen molar-refractivity contribution in [3.05, 3.63) is 53.6 Å².